The van der Waals surface area contributed by atoms with Crippen molar-refractivity contribution in [3.63, 3.8) is 0 Å². The zero-order chi connectivity index (χ0) is 10.3. The fourth-order valence-electron chi connectivity index (χ4n) is 2.05. The molecule has 0 saturated carbocycles. The number of hydrogen-bond acceptors (Lipinski definition) is 1. The standard InChI is InChI=1S/C13H16O/c1-8(2)10-4-5-11-7-13(14)9(3)12(11)6-10/h4-6,8-9H,7H2,1-3H3. The predicted octanol–water partition coefficient (Wildman–Crippen LogP) is 3.04. The van der Waals surface area contributed by atoms with Crippen LogP contribution >= 0.6 is 0 Å². The van der Waals surface area contributed by atoms with Crippen molar-refractivity contribution in [2.24, 2.45) is 0 Å². The van der Waals surface area contributed by atoms with Crippen molar-refractivity contribution in [1.82, 2.24) is 0 Å². The Morgan fingerprint density at radius 3 is 2.71 bits per heavy atom. The molecule has 2 rings (SSSR count). The summed E-state index contributed by atoms with van der Waals surface area (Å²) >= 11 is 0. The molecule has 1 aromatic carbocycles. The molecule has 0 bridgehead atoms. The normalized spacial score (nSPS) is 20.3. The number of hydrogen-bond donors (Lipinski definition) is 0. The highest BCUT2D eigenvalue weighted by atomic mass is 16.1. The molecule has 0 aromatic heterocycles. The van der Waals surface area contributed by atoms with E-state index in [0.29, 0.717) is 18.1 Å². The van der Waals surface area contributed by atoms with Gasteiger partial charge in [0.2, 0.25) is 0 Å². The Morgan fingerprint density at radius 2 is 2.07 bits per heavy atom. The minimum atomic E-state index is 0.115. The summed E-state index contributed by atoms with van der Waals surface area (Å²) in [5, 5.41) is 0. The minimum Gasteiger partial charge on any atom is -0.299 e. The molecule has 0 heterocycles. The van der Waals surface area contributed by atoms with Crippen LogP contribution < -0.4 is 0 Å². The average molecular weight is 188 g/mol. The number of Topliss-reactive ketones (excluding diaryl/α,β-unsaturated/α-hetero) is 1. The molecule has 1 heteroatoms. The minimum absolute atomic E-state index is 0.115. The van der Waals surface area contributed by atoms with Crippen LogP contribution in [0.4, 0.5) is 0 Å². The van der Waals surface area contributed by atoms with Crippen molar-refractivity contribution in [2.75, 3.05) is 0 Å². The summed E-state index contributed by atoms with van der Waals surface area (Å²) in [6.07, 6.45) is 0.634. The second-order valence-corrected chi connectivity index (χ2v) is 4.48. The first-order valence-corrected chi connectivity index (χ1v) is 5.25. The van der Waals surface area contributed by atoms with Crippen LogP contribution in [0.25, 0.3) is 0 Å². The molecule has 14 heavy (non-hydrogen) atoms. The first kappa shape index (κ1) is 9.45. The van der Waals surface area contributed by atoms with Gasteiger partial charge in [0.25, 0.3) is 0 Å². The van der Waals surface area contributed by atoms with Crippen molar-refractivity contribution in [3.8, 4) is 0 Å². The maximum absolute atomic E-state index is 11.5. The van der Waals surface area contributed by atoms with E-state index in [1.165, 1.54) is 16.7 Å². The Labute approximate surface area is 85.1 Å². The second kappa shape index (κ2) is 3.23. The summed E-state index contributed by atoms with van der Waals surface area (Å²) in [6, 6.07) is 6.47. The van der Waals surface area contributed by atoms with Crippen LogP contribution in [-0.4, -0.2) is 5.78 Å². The van der Waals surface area contributed by atoms with Gasteiger partial charge in [-0.05, 0) is 22.6 Å². The Bertz CT molecular complexity index is 377. The van der Waals surface area contributed by atoms with Crippen LogP contribution in [0.3, 0.4) is 0 Å². The van der Waals surface area contributed by atoms with Gasteiger partial charge >= 0.3 is 0 Å². The number of ketones is 1. The van der Waals surface area contributed by atoms with E-state index in [0.717, 1.165) is 0 Å². The molecule has 0 aliphatic heterocycles. The highest BCUT2D eigenvalue weighted by Crippen LogP contribution is 2.32. The maximum atomic E-state index is 11.5. The summed E-state index contributed by atoms with van der Waals surface area (Å²) in [7, 11) is 0. The summed E-state index contributed by atoms with van der Waals surface area (Å²) in [5.41, 5.74) is 3.82. The van der Waals surface area contributed by atoms with E-state index < -0.39 is 0 Å². The molecular formula is C13H16O. The number of carbonyl (C=O) groups excluding carboxylic acids is 1. The Balaban J connectivity index is 2.46. The van der Waals surface area contributed by atoms with Crippen molar-refractivity contribution in [2.45, 2.75) is 39.0 Å². The fourth-order valence-corrected chi connectivity index (χ4v) is 2.05. The molecule has 0 saturated heterocycles. The molecule has 1 aliphatic carbocycles. The first-order chi connectivity index (χ1) is 6.59. The highest BCUT2D eigenvalue weighted by molar-refractivity contribution is 5.92. The third kappa shape index (κ3) is 1.37. The zero-order valence-corrected chi connectivity index (χ0v) is 9.00. The highest BCUT2D eigenvalue weighted by Gasteiger charge is 2.26. The van der Waals surface area contributed by atoms with Crippen LogP contribution in [0.15, 0.2) is 18.2 Å². The van der Waals surface area contributed by atoms with Crippen LogP contribution in [0.2, 0.25) is 0 Å². The van der Waals surface area contributed by atoms with Crippen molar-refractivity contribution in [3.05, 3.63) is 34.9 Å². The number of carbonyl (C=O) groups is 1. The van der Waals surface area contributed by atoms with Gasteiger partial charge in [0.1, 0.15) is 5.78 Å². The van der Waals surface area contributed by atoms with Crippen LogP contribution in [-0.2, 0) is 11.2 Å². The number of benzene rings is 1. The van der Waals surface area contributed by atoms with Gasteiger partial charge < -0.3 is 0 Å². The van der Waals surface area contributed by atoms with Crippen LogP contribution in [0.1, 0.15) is 49.3 Å². The molecular weight excluding hydrogens is 172 g/mol. The molecule has 1 atom stereocenters. The summed E-state index contributed by atoms with van der Waals surface area (Å²) in [6.45, 7) is 6.38. The second-order valence-electron chi connectivity index (χ2n) is 4.48. The Morgan fingerprint density at radius 1 is 1.36 bits per heavy atom. The van der Waals surface area contributed by atoms with Gasteiger partial charge in [0.05, 0.1) is 0 Å². The van der Waals surface area contributed by atoms with Crippen molar-refractivity contribution < 1.29 is 4.79 Å². The monoisotopic (exact) mass is 188 g/mol. The van der Waals surface area contributed by atoms with E-state index in [2.05, 4.69) is 32.0 Å². The lowest BCUT2D eigenvalue weighted by atomic mass is 9.95. The van der Waals surface area contributed by atoms with Crippen LogP contribution in [0.5, 0.6) is 0 Å². The molecule has 0 radical (unpaired) electrons. The molecule has 1 unspecified atom stereocenters. The topological polar surface area (TPSA) is 17.1 Å². The van der Waals surface area contributed by atoms with E-state index in [4.69, 9.17) is 0 Å². The van der Waals surface area contributed by atoms with Gasteiger partial charge in [0, 0.05) is 12.3 Å². The average Bonchev–Trinajstić information content (AvgIpc) is 2.43. The molecule has 1 aliphatic rings. The Hall–Kier alpha value is -1.11. The molecule has 0 spiro atoms. The van der Waals surface area contributed by atoms with E-state index >= 15 is 0 Å². The van der Waals surface area contributed by atoms with Gasteiger partial charge in [-0.2, -0.15) is 0 Å². The van der Waals surface area contributed by atoms with E-state index in [-0.39, 0.29) is 5.92 Å². The molecule has 74 valence electrons. The van der Waals surface area contributed by atoms with E-state index in [9.17, 15) is 4.79 Å². The summed E-state index contributed by atoms with van der Waals surface area (Å²) < 4.78 is 0. The lowest BCUT2D eigenvalue weighted by Gasteiger charge is -2.09. The quantitative estimate of drug-likeness (QED) is 0.662. The van der Waals surface area contributed by atoms with Crippen LogP contribution in [0, 0.1) is 0 Å². The Kier molecular flexibility index (Phi) is 2.18. The third-order valence-electron chi connectivity index (χ3n) is 3.15. The molecule has 0 fully saturated rings. The SMILES string of the molecule is CC(C)c1ccc2c(c1)C(C)C(=O)C2. The van der Waals surface area contributed by atoms with Gasteiger partial charge in [0.15, 0.2) is 0 Å². The van der Waals surface area contributed by atoms with Gasteiger partial charge in [-0.25, -0.2) is 0 Å². The third-order valence-corrected chi connectivity index (χ3v) is 3.15. The lowest BCUT2D eigenvalue weighted by Crippen LogP contribution is -2.00. The molecule has 0 amide bonds. The van der Waals surface area contributed by atoms with E-state index in [1.807, 2.05) is 6.92 Å². The molecule has 1 nitrogen and oxygen atoms in total. The number of fused-ring (bicyclic) bond motifs is 1. The lowest BCUT2D eigenvalue weighted by molar-refractivity contribution is -0.118. The smallest absolute Gasteiger partial charge is 0.144 e. The zero-order valence-electron chi connectivity index (χ0n) is 9.00. The summed E-state index contributed by atoms with van der Waals surface area (Å²) in [5.74, 6) is 1.02. The van der Waals surface area contributed by atoms with E-state index in [1.54, 1.807) is 0 Å². The van der Waals surface area contributed by atoms with Crippen molar-refractivity contribution >= 4 is 5.78 Å². The van der Waals surface area contributed by atoms with Gasteiger partial charge in [-0.1, -0.05) is 39.0 Å². The van der Waals surface area contributed by atoms with Gasteiger partial charge in [-0.3, -0.25) is 4.79 Å². The largest absolute Gasteiger partial charge is 0.299 e. The predicted molar refractivity (Wildman–Crippen MR) is 57.7 cm³/mol. The molecule has 0 N–H and O–H groups in total. The first-order valence-electron chi connectivity index (χ1n) is 5.25. The summed E-state index contributed by atoms with van der Waals surface area (Å²) in [4.78, 5) is 11.5. The molecule has 1 aromatic rings. The maximum Gasteiger partial charge on any atom is 0.144 e. The fraction of sp³-hybridized carbons (Fsp3) is 0.462. The number of rotatable bonds is 1. The van der Waals surface area contributed by atoms with Gasteiger partial charge in [-0.15, -0.1) is 0 Å². The van der Waals surface area contributed by atoms with Crippen molar-refractivity contribution in [1.29, 1.82) is 0 Å².